The van der Waals surface area contributed by atoms with Crippen LogP contribution in [0.1, 0.15) is 36.5 Å². The molecule has 0 bridgehead atoms. The number of halogens is 1. The third kappa shape index (κ3) is 4.21. The van der Waals surface area contributed by atoms with Crippen molar-refractivity contribution in [2.75, 3.05) is 50.4 Å². The Hall–Kier alpha value is -2.37. The van der Waals surface area contributed by atoms with Crippen molar-refractivity contribution in [2.45, 2.75) is 26.2 Å². The summed E-state index contributed by atoms with van der Waals surface area (Å²) in [5, 5.41) is 10.3. The molecule has 0 radical (unpaired) electrons. The molecule has 0 aliphatic carbocycles. The normalized spacial score (nSPS) is 19.4. The van der Waals surface area contributed by atoms with E-state index in [9.17, 15) is 14.4 Å². The molecule has 6 nitrogen and oxygen atoms in total. The van der Waals surface area contributed by atoms with Crippen LogP contribution in [0.15, 0.2) is 24.4 Å². The van der Waals surface area contributed by atoms with Crippen molar-refractivity contribution >= 4 is 34.4 Å². The van der Waals surface area contributed by atoms with E-state index in [1.807, 2.05) is 11.2 Å². The predicted molar refractivity (Wildman–Crippen MR) is 122 cm³/mol. The lowest BCUT2D eigenvalue weighted by molar-refractivity contribution is 0.0704. The minimum atomic E-state index is -0.342. The number of hydrogen-bond donors (Lipinski definition) is 0. The van der Waals surface area contributed by atoms with Gasteiger partial charge in [0.1, 0.15) is 5.82 Å². The molecule has 3 heterocycles. The van der Waals surface area contributed by atoms with Crippen molar-refractivity contribution in [2.24, 2.45) is 5.41 Å². The number of piperidine rings is 1. The summed E-state index contributed by atoms with van der Waals surface area (Å²) in [6.07, 6.45) is 5.98. The summed E-state index contributed by atoms with van der Waals surface area (Å²) in [6.45, 7) is 6.35. The van der Waals surface area contributed by atoms with Crippen LogP contribution < -0.4 is 4.90 Å². The van der Waals surface area contributed by atoms with Gasteiger partial charge in [0, 0.05) is 50.9 Å². The second-order valence-electron chi connectivity index (χ2n) is 8.32. The molecule has 0 atom stereocenters. The third-order valence-corrected chi connectivity index (χ3v) is 7.65. The van der Waals surface area contributed by atoms with E-state index in [1.165, 1.54) is 12.1 Å². The highest BCUT2D eigenvalue weighted by Gasteiger charge is 2.35. The average molecular weight is 442 g/mol. The van der Waals surface area contributed by atoms with Crippen LogP contribution in [0.2, 0.25) is 0 Å². The number of nitrogens with zero attached hydrogens (tertiary/aromatic N) is 5. The highest BCUT2D eigenvalue weighted by atomic mass is 32.2. The predicted octanol–water partition coefficient (Wildman–Crippen LogP) is 3.93. The van der Waals surface area contributed by atoms with Gasteiger partial charge in [0.25, 0.3) is 5.91 Å². The number of fused-ring (bicyclic) bond motifs is 1. The average Bonchev–Trinajstić information content (AvgIpc) is 2.83. The fraction of sp³-hybridized carbons (Fsp3) is 0.522. The number of benzene rings is 1. The van der Waals surface area contributed by atoms with E-state index < -0.39 is 0 Å². The minimum Gasteiger partial charge on any atom is -0.370 e. The molecule has 2 aliphatic rings. The van der Waals surface area contributed by atoms with Gasteiger partial charge in [-0.2, -0.15) is 5.26 Å². The number of amides is 1. The fourth-order valence-corrected chi connectivity index (χ4v) is 5.12. The Labute approximate surface area is 187 Å². The van der Waals surface area contributed by atoms with Crippen molar-refractivity contribution in [3.63, 3.8) is 0 Å². The smallest absolute Gasteiger partial charge is 0.257 e. The highest BCUT2D eigenvalue weighted by Crippen LogP contribution is 2.39. The van der Waals surface area contributed by atoms with Crippen molar-refractivity contribution in [1.29, 1.82) is 5.26 Å². The first-order valence-electron chi connectivity index (χ1n) is 10.8. The first-order valence-corrected chi connectivity index (χ1v) is 12.0. The molecule has 0 saturated carbocycles. The van der Waals surface area contributed by atoms with Gasteiger partial charge in [0.15, 0.2) is 0 Å². The largest absolute Gasteiger partial charge is 0.370 e. The molecule has 164 valence electrons. The van der Waals surface area contributed by atoms with Gasteiger partial charge in [-0.3, -0.25) is 9.78 Å². The maximum atomic E-state index is 14.2. The summed E-state index contributed by atoms with van der Waals surface area (Å²) in [5.41, 5.74) is 1.64. The quantitative estimate of drug-likeness (QED) is 0.670. The van der Waals surface area contributed by atoms with Crippen molar-refractivity contribution in [3.05, 3.63) is 35.8 Å². The van der Waals surface area contributed by atoms with Gasteiger partial charge in [0.05, 0.1) is 28.3 Å². The molecular formula is C23H28FN5OS. The molecule has 8 heteroatoms. The van der Waals surface area contributed by atoms with E-state index in [2.05, 4.69) is 27.2 Å². The van der Waals surface area contributed by atoms with Crippen LogP contribution in [0.5, 0.6) is 0 Å². The molecule has 4 rings (SSSR count). The van der Waals surface area contributed by atoms with E-state index in [-0.39, 0.29) is 17.1 Å². The number of anilines is 1. The second-order valence-corrected chi connectivity index (χ2v) is 9.20. The van der Waals surface area contributed by atoms with Gasteiger partial charge in [-0.25, -0.2) is 8.70 Å². The maximum Gasteiger partial charge on any atom is 0.257 e. The molecule has 2 aromatic rings. The molecule has 1 aromatic heterocycles. The molecule has 0 N–H and O–H groups in total. The number of pyridine rings is 1. The summed E-state index contributed by atoms with van der Waals surface area (Å²) >= 11 is 1.70. The van der Waals surface area contributed by atoms with Gasteiger partial charge >= 0.3 is 0 Å². The molecule has 1 amide bonds. The van der Waals surface area contributed by atoms with Crippen LogP contribution in [0.25, 0.3) is 10.9 Å². The number of piperazine rings is 1. The summed E-state index contributed by atoms with van der Waals surface area (Å²) < 4.78 is 16.4. The Morgan fingerprint density at radius 3 is 2.55 bits per heavy atom. The first kappa shape index (κ1) is 21.8. The van der Waals surface area contributed by atoms with E-state index in [0.717, 1.165) is 38.0 Å². The van der Waals surface area contributed by atoms with E-state index in [0.29, 0.717) is 42.6 Å². The molecule has 1 aromatic carbocycles. The summed E-state index contributed by atoms with van der Waals surface area (Å²) in [7, 11) is 0. The molecular weight excluding hydrogens is 413 g/mol. The molecule has 2 fully saturated rings. The third-order valence-electron chi connectivity index (χ3n) is 6.77. The topological polar surface area (TPSA) is 63.5 Å². The number of carbonyl (C=O) groups excluding carboxylic acids is 1. The van der Waals surface area contributed by atoms with Gasteiger partial charge < -0.3 is 9.80 Å². The van der Waals surface area contributed by atoms with Crippen molar-refractivity contribution in [3.8, 4) is 6.07 Å². The van der Waals surface area contributed by atoms with Crippen LogP contribution >= 0.6 is 11.9 Å². The molecule has 0 unspecified atom stereocenters. The van der Waals surface area contributed by atoms with Gasteiger partial charge in [0.2, 0.25) is 0 Å². The lowest BCUT2D eigenvalue weighted by atomic mass is 9.77. The Morgan fingerprint density at radius 2 is 1.94 bits per heavy atom. The standard InChI is InChI=1S/C23H28FN5OS/c1-3-23(16-25)6-8-27(9-7-23)21-18-14-17(24)4-5-20(18)26-15-19(21)22(30)28-10-12-29(31-2)13-11-28/h4-5,14-15H,3,6-13H2,1-2H3. The molecule has 0 spiro atoms. The van der Waals surface area contributed by atoms with Crippen LogP contribution in [-0.2, 0) is 0 Å². The van der Waals surface area contributed by atoms with Crippen LogP contribution in [0.3, 0.4) is 0 Å². The lowest BCUT2D eigenvalue weighted by Crippen LogP contribution is -2.47. The number of rotatable bonds is 4. The second kappa shape index (κ2) is 9.01. The zero-order chi connectivity index (χ0) is 22.0. The van der Waals surface area contributed by atoms with E-state index in [4.69, 9.17) is 0 Å². The highest BCUT2D eigenvalue weighted by molar-refractivity contribution is 7.96. The van der Waals surface area contributed by atoms with Gasteiger partial charge in [-0.05, 0) is 43.7 Å². The van der Waals surface area contributed by atoms with Crippen LogP contribution in [0.4, 0.5) is 10.1 Å². The summed E-state index contributed by atoms with van der Waals surface area (Å²) in [5.74, 6) is -0.396. The van der Waals surface area contributed by atoms with Crippen LogP contribution in [0, 0.1) is 22.6 Å². The van der Waals surface area contributed by atoms with E-state index in [1.54, 1.807) is 24.2 Å². The van der Waals surface area contributed by atoms with Crippen molar-refractivity contribution < 1.29 is 9.18 Å². The Balaban J connectivity index is 1.71. The minimum absolute atomic E-state index is 0.0537. The molecule has 2 aliphatic heterocycles. The number of carbonyl (C=O) groups is 1. The monoisotopic (exact) mass is 441 g/mol. The Bertz CT molecular complexity index is 1010. The molecule has 31 heavy (non-hydrogen) atoms. The number of aromatic nitrogens is 1. The lowest BCUT2D eigenvalue weighted by Gasteiger charge is -2.39. The summed E-state index contributed by atoms with van der Waals surface area (Å²) in [4.78, 5) is 22.0. The van der Waals surface area contributed by atoms with Crippen LogP contribution in [-0.4, -0.2) is 65.6 Å². The zero-order valence-corrected chi connectivity index (χ0v) is 18.9. The Morgan fingerprint density at radius 1 is 1.23 bits per heavy atom. The molecule has 2 saturated heterocycles. The maximum absolute atomic E-state index is 14.2. The van der Waals surface area contributed by atoms with Gasteiger partial charge in [-0.15, -0.1) is 0 Å². The van der Waals surface area contributed by atoms with Gasteiger partial charge in [-0.1, -0.05) is 18.9 Å². The van der Waals surface area contributed by atoms with Crippen molar-refractivity contribution in [1.82, 2.24) is 14.2 Å². The number of hydrogen-bond acceptors (Lipinski definition) is 6. The van der Waals surface area contributed by atoms with E-state index >= 15 is 0 Å². The Kier molecular flexibility index (Phi) is 6.35. The fourth-order valence-electron chi connectivity index (χ4n) is 4.59. The SMILES string of the molecule is CCC1(C#N)CCN(c2c(C(=O)N3CCN(SC)CC3)cnc3ccc(F)cc23)CC1. The zero-order valence-electron chi connectivity index (χ0n) is 18.1. The summed E-state index contributed by atoms with van der Waals surface area (Å²) in [6, 6.07) is 7.04. The first-order chi connectivity index (χ1) is 15.0. The number of nitriles is 1.